The Morgan fingerprint density at radius 2 is 2.00 bits per heavy atom. The van der Waals surface area contributed by atoms with Crippen molar-refractivity contribution in [3.63, 3.8) is 0 Å². The van der Waals surface area contributed by atoms with Crippen LogP contribution in [0, 0.1) is 11.6 Å². The third-order valence-electron chi connectivity index (χ3n) is 2.37. The van der Waals surface area contributed by atoms with E-state index >= 15 is 0 Å². The zero-order valence-corrected chi connectivity index (χ0v) is 11.0. The third kappa shape index (κ3) is 3.93. The highest BCUT2D eigenvalue weighted by atomic mass is 35.5. The van der Waals surface area contributed by atoms with Gasteiger partial charge in [0, 0.05) is 11.8 Å². The smallest absolute Gasteiger partial charge is 0.262 e. The number of halogens is 3. The van der Waals surface area contributed by atoms with Crippen molar-refractivity contribution in [2.75, 3.05) is 11.9 Å². The van der Waals surface area contributed by atoms with Crippen molar-refractivity contribution in [2.45, 2.75) is 0 Å². The molecule has 0 unspecified atom stereocenters. The van der Waals surface area contributed by atoms with Crippen LogP contribution in [0.15, 0.2) is 42.5 Å². The minimum atomic E-state index is -0.566. The van der Waals surface area contributed by atoms with E-state index < -0.39 is 17.5 Å². The summed E-state index contributed by atoms with van der Waals surface area (Å²) in [6.07, 6.45) is 0. The Balaban J connectivity index is 1.90. The average Bonchev–Trinajstić information content (AvgIpc) is 2.40. The molecule has 0 aliphatic heterocycles. The summed E-state index contributed by atoms with van der Waals surface area (Å²) in [6, 6.07) is 9.26. The van der Waals surface area contributed by atoms with Crippen LogP contribution in [0.25, 0.3) is 0 Å². The van der Waals surface area contributed by atoms with Gasteiger partial charge in [-0.15, -0.1) is 0 Å². The Labute approximate surface area is 119 Å². The second kappa shape index (κ2) is 6.34. The van der Waals surface area contributed by atoms with Crippen molar-refractivity contribution in [2.24, 2.45) is 0 Å². The molecule has 0 atom stereocenters. The maximum absolute atomic E-state index is 12.9. The van der Waals surface area contributed by atoms with Crippen molar-refractivity contribution in [1.29, 1.82) is 0 Å². The number of carbonyl (C=O) groups is 1. The molecule has 0 heterocycles. The van der Waals surface area contributed by atoms with Crippen LogP contribution in [-0.4, -0.2) is 12.5 Å². The molecule has 0 saturated carbocycles. The van der Waals surface area contributed by atoms with Gasteiger partial charge in [0.15, 0.2) is 6.61 Å². The molecule has 2 aromatic rings. The van der Waals surface area contributed by atoms with E-state index in [1.165, 1.54) is 30.3 Å². The van der Waals surface area contributed by atoms with Crippen molar-refractivity contribution < 1.29 is 18.3 Å². The Bertz CT molecular complexity index is 634. The molecule has 1 amide bonds. The van der Waals surface area contributed by atoms with Gasteiger partial charge in [-0.05, 0) is 30.3 Å². The van der Waals surface area contributed by atoms with Gasteiger partial charge >= 0.3 is 0 Å². The predicted molar refractivity (Wildman–Crippen MR) is 71.9 cm³/mol. The van der Waals surface area contributed by atoms with Gasteiger partial charge in [0.1, 0.15) is 17.4 Å². The topological polar surface area (TPSA) is 38.3 Å². The van der Waals surface area contributed by atoms with Crippen LogP contribution in [0.4, 0.5) is 14.5 Å². The first-order chi connectivity index (χ1) is 9.54. The summed E-state index contributed by atoms with van der Waals surface area (Å²) in [5.74, 6) is -1.21. The minimum Gasteiger partial charge on any atom is -0.484 e. The highest BCUT2D eigenvalue weighted by Crippen LogP contribution is 2.21. The standard InChI is InChI=1S/C14H10ClF2NO2/c15-12-7-11(4-5-13(12)17)20-8-14(19)18-10-3-1-2-9(16)6-10/h1-7H,8H2,(H,18,19). The van der Waals surface area contributed by atoms with Gasteiger partial charge in [-0.2, -0.15) is 0 Å². The normalized spacial score (nSPS) is 10.2. The Kier molecular flexibility index (Phi) is 4.53. The highest BCUT2D eigenvalue weighted by molar-refractivity contribution is 6.30. The van der Waals surface area contributed by atoms with Crippen LogP contribution in [0.1, 0.15) is 0 Å². The van der Waals surface area contributed by atoms with Crippen molar-refractivity contribution in [3.8, 4) is 5.75 Å². The molecule has 0 aliphatic rings. The second-order valence-corrected chi connectivity index (χ2v) is 4.33. The molecule has 0 saturated heterocycles. The molecule has 3 nitrogen and oxygen atoms in total. The number of carbonyl (C=O) groups excluding carboxylic acids is 1. The summed E-state index contributed by atoms with van der Waals surface area (Å²) in [4.78, 5) is 11.6. The van der Waals surface area contributed by atoms with E-state index in [1.54, 1.807) is 6.07 Å². The fraction of sp³-hybridized carbons (Fsp3) is 0.0714. The van der Waals surface area contributed by atoms with Gasteiger partial charge in [-0.3, -0.25) is 4.79 Å². The van der Waals surface area contributed by atoms with Crippen LogP contribution in [-0.2, 0) is 4.79 Å². The zero-order valence-electron chi connectivity index (χ0n) is 10.2. The summed E-state index contributed by atoms with van der Waals surface area (Å²) < 4.78 is 31.0. The molecule has 1 N–H and O–H groups in total. The Morgan fingerprint density at radius 1 is 1.20 bits per heavy atom. The maximum Gasteiger partial charge on any atom is 0.262 e. The number of amides is 1. The summed E-state index contributed by atoms with van der Waals surface area (Å²) in [5, 5.41) is 2.38. The number of ether oxygens (including phenoxy) is 1. The number of benzene rings is 2. The van der Waals surface area contributed by atoms with E-state index in [1.807, 2.05) is 0 Å². The summed E-state index contributed by atoms with van der Waals surface area (Å²) in [6.45, 7) is -0.293. The molecule has 6 heteroatoms. The molecule has 0 spiro atoms. The first kappa shape index (κ1) is 14.3. The maximum atomic E-state index is 12.9. The van der Waals surface area contributed by atoms with E-state index in [9.17, 15) is 13.6 Å². The largest absolute Gasteiger partial charge is 0.484 e. The number of hydrogen-bond donors (Lipinski definition) is 1. The predicted octanol–water partition coefficient (Wildman–Crippen LogP) is 3.64. The van der Waals surface area contributed by atoms with E-state index in [4.69, 9.17) is 16.3 Å². The molecule has 0 fully saturated rings. The lowest BCUT2D eigenvalue weighted by atomic mass is 10.3. The molecule has 20 heavy (non-hydrogen) atoms. The van der Waals surface area contributed by atoms with Gasteiger partial charge in [0.25, 0.3) is 5.91 Å². The monoisotopic (exact) mass is 297 g/mol. The lowest BCUT2D eigenvalue weighted by molar-refractivity contribution is -0.118. The second-order valence-electron chi connectivity index (χ2n) is 3.92. The molecule has 0 radical (unpaired) electrons. The Morgan fingerprint density at radius 3 is 2.70 bits per heavy atom. The lowest BCUT2D eigenvalue weighted by Crippen LogP contribution is -2.20. The number of hydrogen-bond acceptors (Lipinski definition) is 2. The number of nitrogens with one attached hydrogen (secondary N) is 1. The van der Waals surface area contributed by atoms with Crippen molar-refractivity contribution in [3.05, 3.63) is 59.1 Å². The van der Waals surface area contributed by atoms with Crippen LogP contribution < -0.4 is 10.1 Å². The van der Waals surface area contributed by atoms with Gasteiger partial charge in [0.2, 0.25) is 0 Å². The SMILES string of the molecule is O=C(COc1ccc(F)c(Cl)c1)Nc1cccc(F)c1. The summed E-state index contributed by atoms with van der Waals surface area (Å²) in [5.41, 5.74) is 0.329. The van der Waals surface area contributed by atoms with Crippen LogP contribution in [0.2, 0.25) is 5.02 Å². The molecule has 0 aliphatic carbocycles. The zero-order chi connectivity index (χ0) is 14.5. The first-order valence-corrected chi connectivity index (χ1v) is 6.05. The summed E-state index contributed by atoms with van der Waals surface area (Å²) in [7, 11) is 0. The molecule has 0 aromatic heterocycles. The van der Waals surface area contributed by atoms with Crippen molar-refractivity contribution in [1.82, 2.24) is 0 Å². The fourth-order valence-electron chi connectivity index (χ4n) is 1.48. The quantitative estimate of drug-likeness (QED) is 0.936. The molecule has 2 aromatic carbocycles. The van der Waals surface area contributed by atoms with E-state index in [0.717, 1.165) is 6.07 Å². The highest BCUT2D eigenvalue weighted by Gasteiger charge is 2.06. The van der Waals surface area contributed by atoms with Gasteiger partial charge in [-0.1, -0.05) is 17.7 Å². The summed E-state index contributed by atoms with van der Waals surface area (Å²) >= 11 is 5.58. The lowest BCUT2D eigenvalue weighted by Gasteiger charge is -2.08. The molecular weight excluding hydrogens is 288 g/mol. The van der Waals surface area contributed by atoms with Gasteiger partial charge in [0.05, 0.1) is 5.02 Å². The number of anilines is 1. The van der Waals surface area contributed by atoms with Crippen molar-refractivity contribution >= 4 is 23.2 Å². The van der Waals surface area contributed by atoms with E-state index in [0.29, 0.717) is 5.69 Å². The minimum absolute atomic E-state index is 0.0898. The molecule has 2 rings (SSSR count). The molecule has 104 valence electrons. The molecule has 0 bridgehead atoms. The van der Waals surface area contributed by atoms with Crippen LogP contribution in [0.3, 0.4) is 0 Å². The number of rotatable bonds is 4. The Hall–Kier alpha value is -2.14. The average molecular weight is 298 g/mol. The fourth-order valence-corrected chi connectivity index (χ4v) is 1.65. The van der Waals surface area contributed by atoms with Crippen LogP contribution in [0.5, 0.6) is 5.75 Å². The first-order valence-electron chi connectivity index (χ1n) is 5.68. The molecular formula is C14H10ClF2NO2. The third-order valence-corrected chi connectivity index (χ3v) is 2.66. The van der Waals surface area contributed by atoms with Gasteiger partial charge in [-0.25, -0.2) is 8.78 Å². The van der Waals surface area contributed by atoms with Crippen LogP contribution >= 0.6 is 11.6 Å². The van der Waals surface area contributed by atoms with Gasteiger partial charge < -0.3 is 10.1 Å². The van der Waals surface area contributed by atoms with E-state index in [2.05, 4.69) is 5.32 Å². The van der Waals surface area contributed by atoms with E-state index in [-0.39, 0.29) is 17.4 Å².